The molecule has 3 aromatic rings. The van der Waals surface area contributed by atoms with Crippen molar-refractivity contribution >= 4 is 40.6 Å². The van der Waals surface area contributed by atoms with Crippen LogP contribution in [0, 0.1) is 12.3 Å². The van der Waals surface area contributed by atoms with Crippen LogP contribution < -0.4 is 5.73 Å². The minimum atomic E-state index is 0. The average Bonchev–Trinajstić information content (AvgIpc) is 2.46. The van der Waals surface area contributed by atoms with Crippen LogP contribution in [0.3, 0.4) is 0 Å². The van der Waals surface area contributed by atoms with E-state index < -0.39 is 0 Å². The Labute approximate surface area is 133 Å². The molecule has 1 aromatic heterocycles. The van der Waals surface area contributed by atoms with Gasteiger partial charge < -0.3 is 5.73 Å². The highest BCUT2D eigenvalue weighted by Crippen LogP contribution is 2.31. The van der Waals surface area contributed by atoms with Gasteiger partial charge in [0.15, 0.2) is 0 Å². The molecule has 0 fully saturated rings. The van der Waals surface area contributed by atoms with Crippen molar-refractivity contribution in [1.29, 1.82) is 0 Å². The number of nitrogens with zero attached hydrogens (tertiary/aromatic N) is 2. The molecule has 104 valence electrons. The predicted octanol–water partition coefficient (Wildman–Crippen LogP) is 3.94. The van der Waals surface area contributed by atoms with E-state index in [-0.39, 0.29) is 12.4 Å². The van der Waals surface area contributed by atoms with Crippen LogP contribution in [0.1, 0.15) is 5.56 Å². The van der Waals surface area contributed by atoms with Crippen molar-refractivity contribution in [1.82, 2.24) is 9.97 Å². The molecule has 0 unspecified atom stereocenters. The maximum atomic E-state index is 6.07. The smallest absolute Gasteiger partial charge is 0.116 e. The van der Waals surface area contributed by atoms with Crippen molar-refractivity contribution in [2.75, 3.05) is 5.73 Å². The Kier molecular flexibility index (Phi) is 4.32. The van der Waals surface area contributed by atoms with Crippen LogP contribution in [0.5, 0.6) is 0 Å². The summed E-state index contributed by atoms with van der Waals surface area (Å²) in [5.41, 5.74) is 9.79. The highest BCUT2D eigenvalue weighted by molar-refractivity contribution is 6.31. The fraction of sp³-hybridized carbons (Fsp3) is 0. The summed E-state index contributed by atoms with van der Waals surface area (Å²) in [7, 11) is 0. The van der Waals surface area contributed by atoms with Crippen LogP contribution in [-0.2, 0) is 0 Å². The summed E-state index contributed by atoms with van der Waals surface area (Å²) in [5, 5.41) is 1.54. The summed E-state index contributed by atoms with van der Waals surface area (Å²) in [5.74, 6) is 2.56. The minimum absolute atomic E-state index is 0. The summed E-state index contributed by atoms with van der Waals surface area (Å²) in [6.45, 7) is 0. The Morgan fingerprint density at radius 1 is 1.10 bits per heavy atom. The number of benzene rings is 2. The predicted molar refractivity (Wildman–Crippen MR) is 89.6 cm³/mol. The van der Waals surface area contributed by atoms with Gasteiger partial charge in [-0.25, -0.2) is 9.97 Å². The van der Waals surface area contributed by atoms with Crippen molar-refractivity contribution in [3.8, 4) is 23.6 Å². The molecular formula is C16H11Cl2N3. The molecule has 0 saturated heterocycles. The molecule has 0 bridgehead atoms. The molecule has 2 aromatic carbocycles. The number of rotatable bonds is 1. The van der Waals surface area contributed by atoms with E-state index in [1.165, 1.54) is 6.33 Å². The summed E-state index contributed by atoms with van der Waals surface area (Å²) >= 11 is 5.98. The van der Waals surface area contributed by atoms with Crippen molar-refractivity contribution < 1.29 is 0 Å². The van der Waals surface area contributed by atoms with E-state index in [0.717, 1.165) is 27.7 Å². The molecule has 3 rings (SSSR count). The molecule has 0 aliphatic carbocycles. The topological polar surface area (TPSA) is 51.8 Å². The summed E-state index contributed by atoms with van der Waals surface area (Å²) in [6, 6.07) is 11.0. The zero-order valence-corrected chi connectivity index (χ0v) is 12.4. The molecule has 0 radical (unpaired) electrons. The second-order valence-corrected chi connectivity index (χ2v) is 4.77. The Bertz CT molecular complexity index is 854. The normalized spacial score (nSPS) is 9.90. The van der Waals surface area contributed by atoms with Crippen molar-refractivity contribution in [2.24, 2.45) is 0 Å². The molecule has 2 N–H and O–H groups in total. The van der Waals surface area contributed by atoms with Crippen LogP contribution >= 0.6 is 24.0 Å². The first-order chi connectivity index (χ1) is 9.69. The van der Waals surface area contributed by atoms with Gasteiger partial charge in [-0.15, -0.1) is 18.8 Å². The van der Waals surface area contributed by atoms with Gasteiger partial charge in [-0.1, -0.05) is 17.5 Å². The Hall–Kier alpha value is -2.28. The van der Waals surface area contributed by atoms with Crippen LogP contribution in [0.25, 0.3) is 22.2 Å². The zero-order valence-electron chi connectivity index (χ0n) is 10.9. The largest absolute Gasteiger partial charge is 0.398 e. The first kappa shape index (κ1) is 15.1. The van der Waals surface area contributed by atoms with Gasteiger partial charge in [-0.05, 0) is 36.4 Å². The molecule has 0 atom stereocenters. The molecule has 0 spiro atoms. The maximum Gasteiger partial charge on any atom is 0.116 e. The van der Waals surface area contributed by atoms with E-state index in [1.807, 2.05) is 24.3 Å². The second-order valence-electron chi connectivity index (χ2n) is 4.33. The lowest BCUT2D eigenvalue weighted by atomic mass is 10.0. The zero-order chi connectivity index (χ0) is 14.1. The molecule has 3 nitrogen and oxygen atoms in total. The standard InChI is InChI=1S/C16H10ClN3.ClH/c1-2-10-3-5-12(14(18)7-10)16-13-6-4-11(17)8-15(13)19-9-20-16;/h1,3-9H,18H2;1H. The van der Waals surface area contributed by atoms with Crippen molar-refractivity contribution in [3.05, 3.63) is 53.3 Å². The van der Waals surface area contributed by atoms with Gasteiger partial charge in [-0.3, -0.25) is 0 Å². The number of fused-ring (bicyclic) bond motifs is 1. The number of nitrogen functional groups attached to an aromatic ring is 1. The number of halogens is 2. The van der Waals surface area contributed by atoms with Crippen LogP contribution in [0.4, 0.5) is 5.69 Å². The highest BCUT2D eigenvalue weighted by atomic mass is 35.5. The van der Waals surface area contributed by atoms with Crippen molar-refractivity contribution in [2.45, 2.75) is 0 Å². The second kappa shape index (κ2) is 6.01. The number of nitrogens with two attached hydrogens (primary N) is 1. The Morgan fingerprint density at radius 3 is 2.62 bits per heavy atom. The van der Waals surface area contributed by atoms with Gasteiger partial charge >= 0.3 is 0 Å². The van der Waals surface area contributed by atoms with Crippen LogP contribution in [0.2, 0.25) is 5.02 Å². The lowest BCUT2D eigenvalue weighted by Gasteiger charge is -2.08. The molecule has 0 saturated carbocycles. The fourth-order valence-corrected chi connectivity index (χ4v) is 2.28. The Balaban J connectivity index is 0.00000161. The number of terminal acetylenes is 1. The highest BCUT2D eigenvalue weighted by Gasteiger charge is 2.10. The third-order valence-corrected chi connectivity index (χ3v) is 3.31. The lowest BCUT2D eigenvalue weighted by molar-refractivity contribution is 1.22. The SMILES string of the molecule is C#Cc1ccc(-c2ncnc3cc(Cl)ccc23)c(N)c1.Cl. The number of aromatic nitrogens is 2. The van der Waals surface area contributed by atoms with E-state index >= 15 is 0 Å². The number of anilines is 1. The molecule has 0 aliphatic heterocycles. The third-order valence-electron chi connectivity index (χ3n) is 3.07. The van der Waals surface area contributed by atoms with E-state index in [4.69, 9.17) is 23.8 Å². The van der Waals surface area contributed by atoms with Gasteiger partial charge in [0, 0.05) is 27.2 Å². The maximum absolute atomic E-state index is 6.07. The van der Waals surface area contributed by atoms with Crippen molar-refractivity contribution in [3.63, 3.8) is 0 Å². The monoisotopic (exact) mass is 315 g/mol. The van der Waals surface area contributed by atoms with E-state index in [1.54, 1.807) is 12.1 Å². The number of hydrogen-bond donors (Lipinski definition) is 1. The lowest BCUT2D eigenvalue weighted by Crippen LogP contribution is -1.95. The molecule has 21 heavy (non-hydrogen) atoms. The van der Waals surface area contributed by atoms with E-state index in [0.29, 0.717) is 10.7 Å². The summed E-state index contributed by atoms with van der Waals surface area (Å²) in [6.07, 6.45) is 6.87. The molecule has 1 heterocycles. The van der Waals surface area contributed by atoms with E-state index in [9.17, 15) is 0 Å². The first-order valence-corrected chi connectivity index (χ1v) is 6.33. The fourth-order valence-electron chi connectivity index (χ4n) is 2.11. The molecule has 0 amide bonds. The first-order valence-electron chi connectivity index (χ1n) is 5.96. The summed E-state index contributed by atoms with van der Waals surface area (Å²) < 4.78 is 0. The molecule has 5 heteroatoms. The summed E-state index contributed by atoms with van der Waals surface area (Å²) in [4.78, 5) is 8.56. The van der Waals surface area contributed by atoms with Gasteiger partial charge in [0.05, 0.1) is 11.2 Å². The minimum Gasteiger partial charge on any atom is -0.398 e. The average molecular weight is 316 g/mol. The van der Waals surface area contributed by atoms with Gasteiger partial charge in [-0.2, -0.15) is 0 Å². The molecular weight excluding hydrogens is 305 g/mol. The van der Waals surface area contributed by atoms with Crippen LogP contribution in [-0.4, -0.2) is 9.97 Å². The van der Waals surface area contributed by atoms with Crippen LogP contribution in [0.15, 0.2) is 42.7 Å². The third kappa shape index (κ3) is 2.78. The van der Waals surface area contributed by atoms with E-state index in [2.05, 4.69) is 15.9 Å². The van der Waals surface area contributed by atoms with Gasteiger partial charge in [0.2, 0.25) is 0 Å². The Morgan fingerprint density at radius 2 is 1.90 bits per heavy atom. The quantitative estimate of drug-likeness (QED) is 0.546. The van der Waals surface area contributed by atoms with Gasteiger partial charge in [0.1, 0.15) is 6.33 Å². The van der Waals surface area contributed by atoms with Gasteiger partial charge in [0.25, 0.3) is 0 Å². The molecule has 0 aliphatic rings. The number of hydrogen-bond acceptors (Lipinski definition) is 3.